The van der Waals surface area contributed by atoms with Crippen LogP contribution in [0.2, 0.25) is 0 Å². The van der Waals surface area contributed by atoms with Crippen LogP contribution in [0.3, 0.4) is 0 Å². The van der Waals surface area contributed by atoms with Crippen molar-refractivity contribution in [3.05, 3.63) is 59.9 Å². The molecule has 0 spiro atoms. The van der Waals surface area contributed by atoms with Crippen LogP contribution in [0, 0.1) is 11.8 Å². The highest BCUT2D eigenvalue weighted by atomic mass is 16.2. The molecule has 0 aliphatic rings. The number of anilines is 1. The molecule has 0 fully saturated rings. The maximum Gasteiger partial charge on any atom is 0.259 e. The predicted octanol–water partition coefficient (Wildman–Crippen LogP) is 1.70. The highest BCUT2D eigenvalue weighted by Crippen LogP contribution is 2.14. The average molecular weight is 266 g/mol. The maximum atomic E-state index is 12.4. The van der Waals surface area contributed by atoms with E-state index in [2.05, 4.69) is 16.8 Å². The highest BCUT2D eigenvalue weighted by molar-refractivity contribution is 6.05. The summed E-state index contributed by atoms with van der Waals surface area (Å²) in [4.78, 5) is 17.9. The van der Waals surface area contributed by atoms with Crippen molar-refractivity contribution in [2.45, 2.75) is 0 Å². The van der Waals surface area contributed by atoms with E-state index in [1.54, 1.807) is 24.2 Å². The fourth-order valence-electron chi connectivity index (χ4n) is 1.73. The number of aliphatic hydroxyl groups excluding tert-OH is 1. The molecule has 1 amide bonds. The third kappa shape index (κ3) is 3.22. The van der Waals surface area contributed by atoms with E-state index in [0.29, 0.717) is 11.1 Å². The van der Waals surface area contributed by atoms with Crippen molar-refractivity contribution in [3.63, 3.8) is 0 Å². The predicted molar refractivity (Wildman–Crippen MR) is 77.4 cm³/mol. The summed E-state index contributed by atoms with van der Waals surface area (Å²) in [6.45, 7) is -0.220. The Bertz CT molecular complexity index is 657. The summed E-state index contributed by atoms with van der Waals surface area (Å²) < 4.78 is 0. The van der Waals surface area contributed by atoms with E-state index in [4.69, 9.17) is 5.11 Å². The lowest BCUT2D eigenvalue weighted by Gasteiger charge is -2.17. The molecule has 2 aromatic rings. The molecule has 1 aromatic heterocycles. The van der Waals surface area contributed by atoms with E-state index < -0.39 is 0 Å². The number of carbonyl (C=O) groups is 1. The van der Waals surface area contributed by atoms with Crippen LogP contribution < -0.4 is 4.90 Å². The SMILES string of the molecule is CN(C(=O)c1cncc(C#CCO)c1)c1ccccc1. The van der Waals surface area contributed by atoms with Crippen LogP contribution in [-0.4, -0.2) is 29.7 Å². The van der Waals surface area contributed by atoms with E-state index >= 15 is 0 Å². The summed E-state index contributed by atoms with van der Waals surface area (Å²) in [5.41, 5.74) is 1.87. The highest BCUT2D eigenvalue weighted by Gasteiger charge is 2.13. The fraction of sp³-hybridized carbons (Fsp3) is 0.125. The standard InChI is InChI=1S/C16H14N2O2/c1-18(15-7-3-2-4-8-15)16(20)14-10-13(6-5-9-19)11-17-12-14/h2-4,7-8,10-12,19H,9H2,1H3. The lowest BCUT2D eigenvalue weighted by molar-refractivity contribution is 0.0992. The Morgan fingerprint density at radius 2 is 2.05 bits per heavy atom. The molecule has 0 aliphatic heterocycles. The van der Waals surface area contributed by atoms with Crippen molar-refractivity contribution in [2.24, 2.45) is 0 Å². The maximum absolute atomic E-state index is 12.4. The zero-order valence-electron chi connectivity index (χ0n) is 11.1. The molecule has 0 saturated heterocycles. The van der Waals surface area contributed by atoms with Gasteiger partial charge in [-0.2, -0.15) is 0 Å². The van der Waals surface area contributed by atoms with Gasteiger partial charge < -0.3 is 10.0 Å². The van der Waals surface area contributed by atoms with E-state index in [1.165, 1.54) is 6.20 Å². The minimum Gasteiger partial charge on any atom is -0.384 e. The van der Waals surface area contributed by atoms with E-state index in [9.17, 15) is 4.79 Å². The van der Waals surface area contributed by atoms with Crippen LogP contribution >= 0.6 is 0 Å². The number of hydrogen-bond donors (Lipinski definition) is 1. The largest absolute Gasteiger partial charge is 0.384 e. The van der Waals surface area contributed by atoms with Gasteiger partial charge in [-0.1, -0.05) is 30.0 Å². The van der Waals surface area contributed by atoms with Crippen molar-refractivity contribution in [1.82, 2.24) is 4.98 Å². The average Bonchev–Trinajstić information content (AvgIpc) is 2.52. The summed E-state index contributed by atoms with van der Waals surface area (Å²) in [7, 11) is 1.71. The van der Waals surface area contributed by atoms with Crippen molar-refractivity contribution in [1.29, 1.82) is 0 Å². The number of benzene rings is 1. The minimum absolute atomic E-state index is 0.156. The van der Waals surface area contributed by atoms with Gasteiger partial charge in [0.25, 0.3) is 5.91 Å². The quantitative estimate of drug-likeness (QED) is 0.842. The van der Waals surface area contributed by atoms with Gasteiger partial charge in [0.2, 0.25) is 0 Å². The first-order valence-electron chi connectivity index (χ1n) is 6.10. The number of hydrogen-bond acceptors (Lipinski definition) is 3. The van der Waals surface area contributed by atoms with Gasteiger partial charge in [-0.15, -0.1) is 0 Å². The van der Waals surface area contributed by atoms with Crippen molar-refractivity contribution < 1.29 is 9.90 Å². The van der Waals surface area contributed by atoms with Gasteiger partial charge in [-0.25, -0.2) is 0 Å². The Morgan fingerprint density at radius 1 is 1.30 bits per heavy atom. The van der Waals surface area contributed by atoms with Crippen LogP contribution in [0.4, 0.5) is 5.69 Å². The summed E-state index contributed by atoms with van der Waals surface area (Å²) in [6, 6.07) is 11.0. The first-order valence-corrected chi connectivity index (χ1v) is 6.10. The molecule has 1 N–H and O–H groups in total. The van der Waals surface area contributed by atoms with E-state index in [0.717, 1.165) is 5.69 Å². The third-order valence-electron chi connectivity index (χ3n) is 2.75. The topological polar surface area (TPSA) is 53.4 Å². The zero-order valence-corrected chi connectivity index (χ0v) is 11.1. The van der Waals surface area contributed by atoms with Crippen molar-refractivity contribution >= 4 is 11.6 Å². The Balaban J connectivity index is 2.25. The molecule has 4 heteroatoms. The van der Waals surface area contributed by atoms with E-state index in [1.807, 2.05) is 30.3 Å². The number of rotatable bonds is 2. The van der Waals surface area contributed by atoms with Gasteiger partial charge in [-0.05, 0) is 18.2 Å². The molecule has 0 radical (unpaired) electrons. The van der Waals surface area contributed by atoms with Crippen LogP contribution in [0.15, 0.2) is 48.8 Å². The van der Waals surface area contributed by atoms with Crippen LogP contribution in [0.25, 0.3) is 0 Å². The summed E-state index contributed by atoms with van der Waals surface area (Å²) in [6.07, 6.45) is 3.06. The number of para-hydroxylation sites is 1. The molecule has 0 saturated carbocycles. The normalized spacial score (nSPS) is 9.50. The number of aliphatic hydroxyl groups is 1. The monoisotopic (exact) mass is 266 g/mol. The van der Waals surface area contributed by atoms with Gasteiger partial charge in [0.15, 0.2) is 0 Å². The molecule has 100 valence electrons. The van der Waals surface area contributed by atoms with Crippen LogP contribution in [-0.2, 0) is 0 Å². The number of pyridine rings is 1. The summed E-state index contributed by atoms with van der Waals surface area (Å²) in [5.74, 6) is 5.11. The second-order valence-corrected chi connectivity index (χ2v) is 4.12. The van der Waals surface area contributed by atoms with E-state index in [-0.39, 0.29) is 12.5 Å². The molecule has 0 bridgehead atoms. The molecular weight excluding hydrogens is 252 g/mol. The molecule has 20 heavy (non-hydrogen) atoms. The second-order valence-electron chi connectivity index (χ2n) is 4.12. The molecule has 4 nitrogen and oxygen atoms in total. The van der Waals surface area contributed by atoms with Gasteiger partial charge in [-0.3, -0.25) is 9.78 Å². The Kier molecular flexibility index (Phi) is 4.48. The lowest BCUT2D eigenvalue weighted by Crippen LogP contribution is -2.26. The van der Waals surface area contributed by atoms with Gasteiger partial charge in [0.1, 0.15) is 6.61 Å². The number of carbonyl (C=O) groups excluding carboxylic acids is 1. The van der Waals surface area contributed by atoms with Crippen molar-refractivity contribution in [3.8, 4) is 11.8 Å². The number of nitrogens with zero attached hydrogens (tertiary/aromatic N) is 2. The first-order chi connectivity index (χ1) is 9.72. The van der Waals surface area contributed by atoms with Gasteiger partial charge >= 0.3 is 0 Å². The summed E-state index contributed by atoms with van der Waals surface area (Å²) in [5, 5.41) is 8.67. The Morgan fingerprint density at radius 3 is 2.75 bits per heavy atom. The molecule has 0 unspecified atom stereocenters. The summed E-state index contributed by atoms with van der Waals surface area (Å²) >= 11 is 0. The fourth-order valence-corrected chi connectivity index (χ4v) is 1.73. The molecule has 1 aromatic carbocycles. The van der Waals surface area contributed by atoms with Gasteiger partial charge in [0, 0.05) is 30.7 Å². The third-order valence-corrected chi connectivity index (χ3v) is 2.75. The number of aromatic nitrogens is 1. The Hall–Kier alpha value is -2.64. The smallest absolute Gasteiger partial charge is 0.259 e. The van der Waals surface area contributed by atoms with Crippen molar-refractivity contribution in [2.75, 3.05) is 18.6 Å². The second kappa shape index (κ2) is 6.50. The molecule has 0 aliphatic carbocycles. The zero-order chi connectivity index (χ0) is 14.4. The van der Waals surface area contributed by atoms with Crippen LogP contribution in [0.5, 0.6) is 0 Å². The molecular formula is C16H14N2O2. The lowest BCUT2D eigenvalue weighted by atomic mass is 10.2. The molecule has 2 rings (SSSR count). The van der Waals surface area contributed by atoms with Gasteiger partial charge in [0.05, 0.1) is 5.56 Å². The minimum atomic E-state index is -0.220. The van der Waals surface area contributed by atoms with Crippen LogP contribution in [0.1, 0.15) is 15.9 Å². The molecule has 0 atom stereocenters. The Labute approximate surface area is 117 Å². The number of amides is 1. The first kappa shape index (κ1) is 13.8. The molecule has 1 heterocycles.